The lowest BCUT2D eigenvalue weighted by atomic mass is 10.2. The van der Waals surface area contributed by atoms with Gasteiger partial charge in [0.25, 0.3) is 11.2 Å². The fourth-order valence-corrected chi connectivity index (χ4v) is 3.88. The number of aromatic nitrogens is 2. The van der Waals surface area contributed by atoms with Gasteiger partial charge in [0.15, 0.2) is 5.13 Å². The van der Waals surface area contributed by atoms with Crippen LogP contribution in [0.3, 0.4) is 0 Å². The molecule has 0 fully saturated rings. The zero-order valence-corrected chi connectivity index (χ0v) is 18.5. The van der Waals surface area contributed by atoms with Crippen molar-refractivity contribution in [3.05, 3.63) is 85.0 Å². The van der Waals surface area contributed by atoms with Crippen molar-refractivity contribution in [2.24, 2.45) is 0 Å². The van der Waals surface area contributed by atoms with Gasteiger partial charge >= 0.3 is 5.97 Å². The van der Waals surface area contributed by atoms with Crippen LogP contribution in [0.5, 0.6) is 0 Å². The summed E-state index contributed by atoms with van der Waals surface area (Å²) in [7, 11) is 0. The van der Waals surface area contributed by atoms with Gasteiger partial charge in [0.05, 0.1) is 30.0 Å². The van der Waals surface area contributed by atoms with Gasteiger partial charge in [0, 0.05) is 12.1 Å². The van der Waals surface area contributed by atoms with E-state index in [9.17, 15) is 28.9 Å². The highest BCUT2D eigenvalue weighted by atomic mass is 32.1. The molecule has 33 heavy (non-hydrogen) atoms. The highest BCUT2D eigenvalue weighted by molar-refractivity contribution is 7.17. The summed E-state index contributed by atoms with van der Waals surface area (Å²) in [5.74, 6) is -1.64. The van der Waals surface area contributed by atoms with Crippen LogP contribution in [0.15, 0.2) is 47.4 Å². The maximum absolute atomic E-state index is 13.3. The van der Waals surface area contributed by atoms with E-state index in [1.165, 1.54) is 29.2 Å². The molecule has 1 aromatic carbocycles. The predicted molar refractivity (Wildman–Crippen MR) is 118 cm³/mol. The number of nitrogens with zero attached hydrogens (tertiary/aromatic N) is 4. The van der Waals surface area contributed by atoms with Gasteiger partial charge in [0.1, 0.15) is 17.2 Å². The number of anilines is 1. The molecule has 0 aliphatic heterocycles. The summed E-state index contributed by atoms with van der Waals surface area (Å²) in [5, 5.41) is 11.2. The molecule has 0 unspecified atom stereocenters. The summed E-state index contributed by atoms with van der Waals surface area (Å²) < 4.78 is 19.3. The van der Waals surface area contributed by atoms with E-state index in [0.717, 1.165) is 34.2 Å². The van der Waals surface area contributed by atoms with E-state index in [1.807, 2.05) is 0 Å². The average molecular weight is 474 g/mol. The zero-order valence-electron chi connectivity index (χ0n) is 17.7. The number of nitro groups is 1. The normalized spacial score (nSPS) is 10.6. The molecule has 2 heterocycles. The molecule has 0 aliphatic rings. The van der Waals surface area contributed by atoms with E-state index in [4.69, 9.17) is 4.74 Å². The SMILES string of the molecule is CCOC(=O)c1sc(N(Cc2ccc(F)cc2)C(=O)Cn2cc([N+](=O)[O-])ccc2=O)nc1C. The van der Waals surface area contributed by atoms with Crippen molar-refractivity contribution in [3.63, 3.8) is 0 Å². The number of hydrogen-bond donors (Lipinski definition) is 0. The summed E-state index contributed by atoms with van der Waals surface area (Å²) in [4.78, 5) is 53.7. The summed E-state index contributed by atoms with van der Waals surface area (Å²) in [6, 6.07) is 7.50. The fraction of sp³-hybridized carbons (Fsp3) is 0.238. The second kappa shape index (κ2) is 10.1. The topological polar surface area (TPSA) is 125 Å². The molecular weight excluding hydrogens is 455 g/mol. The van der Waals surface area contributed by atoms with Crippen molar-refractivity contribution >= 4 is 34.0 Å². The molecule has 0 spiro atoms. The minimum absolute atomic E-state index is 0.0298. The summed E-state index contributed by atoms with van der Waals surface area (Å²) in [6.07, 6.45) is 0.980. The Kier molecular flexibility index (Phi) is 7.28. The minimum Gasteiger partial charge on any atom is -0.462 e. The summed E-state index contributed by atoms with van der Waals surface area (Å²) in [5.41, 5.74) is -0.0139. The van der Waals surface area contributed by atoms with Gasteiger partial charge in [-0.05, 0) is 31.5 Å². The van der Waals surface area contributed by atoms with Crippen molar-refractivity contribution in [1.29, 1.82) is 0 Å². The molecule has 10 nitrogen and oxygen atoms in total. The predicted octanol–water partition coefficient (Wildman–Crippen LogP) is 3.07. The van der Waals surface area contributed by atoms with E-state index in [2.05, 4.69) is 4.98 Å². The Balaban J connectivity index is 1.98. The molecule has 0 radical (unpaired) electrons. The van der Waals surface area contributed by atoms with Gasteiger partial charge in [-0.3, -0.25) is 29.2 Å². The average Bonchev–Trinajstić information content (AvgIpc) is 3.16. The molecule has 0 saturated carbocycles. The number of aryl methyl sites for hydroxylation is 1. The molecule has 0 bridgehead atoms. The number of rotatable bonds is 8. The van der Waals surface area contributed by atoms with Crippen molar-refractivity contribution in [3.8, 4) is 0 Å². The second-order valence-electron chi connectivity index (χ2n) is 6.85. The van der Waals surface area contributed by atoms with Gasteiger partial charge in [-0.2, -0.15) is 0 Å². The Hall–Kier alpha value is -3.93. The number of carbonyl (C=O) groups is 2. The zero-order chi connectivity index (χ0) is 24.1. The number of amides is 1. The lowest BCUT2D eigenvalue weighted by Crippen LogP contribution is -2.36. The van der Waals surface area contributed by atoms with Crippen LogP contribution in [0.25, 0.3) is 0 Å². The standard InChI is InChI=1S/C21H19FN4O6S/c1-3-32-20(29)19-13(2)23-21(33-19)25(10-14-4-6-15(22)7-5-14)18(28)12-24-11-16(26(30)31)8-9-17(24)27/h4-9,11H,3,10,12H2,1-2H3. The second-order valence-corrected chi connectivity index (χ2v) is 7.83. The first-order valence-corrected chi connectivity index (χ1v) is 10.6. The van der Waals surface area contributed by atoms with Gasteiger partial charge in [-0.1, -0.05) is 23.5 Å². The molecule has 3 aromatic rings. The van der Waals surface area contributed by atoms with E-state index in [-0.39, 0.29) is 28.8 Å². The lowest BCUT2D eigenvalue weighted by molar-refractivity contribution is -0.385. The lowest BCUT2D eigenvalue weighted by Gasteiger charge is -2.20. The van der Waals surface area contributed by atoms with E-state index in [0.29, 0.717) is 11.3 Å². The van der Waals surface area contributed by atoms with Crippen LogP contribution < -0.4 is 10.5 Å². The molecule has 0 saturated heterocycles. The number of thiazole rings is 1. The number of halogens is 1. The first-order chi connectivity index (χ1) is 15.7. The van der Waals surface area contributed by atoms with Crippen LogP contribution in [-0.2, 0) is 22.6 Å². The quantitative estimate of drug-likeness (QED) is 0.279. The number of pyridine rings is 1. The first kappa shape index (κ1) is 23.7. The van der Waals surface area contributed by atoms with Crippen molar-refractivity contribution in [2.75, 3.05) is 11.5 Å². The Bertz CT molecular complexity index is 1250. The van der Waals surface area contributed by atoms with Crippen LogP contribution >= 0.6 is 11.3 Å². The molecule has 1 amide bonds. The van der Waals surface area contributed by atoms with Crippen LogP contribution in [0, 0.1) is 22.9 Å². The minimum atomic E-state index is -0.674. The molecule has 0 N–H and O–H groups in total. The highest BCUT2D eigenvalue weighted by Crippen LogP contribution is 2.28. The smallest absolute Gasteiger partial charge is 0.350 e. The third-order valence-electron chi connectivity index (χ3n) is 4.52. The molecule has 12 heteroatoms. The summed E-state index contributed by atoms with van der Waals surface area (Å²) in [6.45, 7) is 2.89. The molecular formula is C21H19FN4O6S. The first-order valence-electron chi connectivity index (χ1n) is 9.73. The molecule has 0 atom stereocenters. The Morgan fingerprint density at radius 1 is 1.24 bits per heavy atom. The number of ether oxygens (including phenoxy) is 1. The number of hydrogen-bond acceptors (Lipinski definition) is 8. The number of carbonyl (C=O) groups excluding carboxylic acids is 2. The van der Waals surface area contributed by atoms with E-state index in [1.54, 1.807) is 13.8 Å². The van der Waals surface area contributed by atoms with Crippen molar-refractivity contribution in [1.82, 2.24) is 9.55 Å². The summed E-state index contributed by atoms with van der Waals surface area (Å²) >= 11 is 0.939. The fourth-order valence-electron chi connectivity index (χ4n) is 2.90. The van der Waals surface area contributed by atoms with Gasteiger partial charge in [-0.25, -0.2) is 14.2 Å². The third kappa shape index (κ3) is 5.66. The van der Waals surface area contributed by atoms with Crippen LogP contribution in [0.4, 0.5) is 15.2 Å². The maximum Gasteiger partial charge on any atom is 0.350 e. The monoisotopic (exact) mass is 474 g/mol. The van der Waals surface area contributed by atoms with Crippen LogP contribution in [-0.4, -0.2) is 33.0 Å². The molecule has 3 rings (SSSR count). The molecule has 172 valence electrons. The number of esters is 1. The highest BCUT2D eigenvalue weighted by Gasteiger charge is 2.25. The Morgan fingerprint density at radius 3 is 2.58 bits per heavy atom. The van der Waals surface area contributed by atoms with Crippen LogP contribution in [0.1, 0.15) is 27.9 Å². The third-order valence-corrected chi connectivity index (χ3v) is 5.68. The van der Waals surface area contributed by atoms with Crippen LogP contribution in [0.2, 0.25) is 0 Å². The molecule has 0 aliphatic carbocycles. The Labute approximate surface area is 191 Å². The largest absolute Gasteiger partial charge is 0.462 e. The molecule has 2 aromatic heterocycles. The van der Waals surface area contributed by atoms with E-state index >= 15 is 0 Å². The number of benzene rings is 1. The maximum atomic E-state index is 13.3. The van der Waals surface area contributed by atoms with Crippen molar-refractivity contribution < 1.29 is 23.6 Å². The van der Waals surface area contributed by atoms with Gasteiger partial charge < -0.3 is 4.74 Å². The van der Waals surface area contributed by atoms with Gasteiger partial charge in [0.2, 0.25) is 5.91 Å². The Morgan fingerprint density at radius 2 is 1.94 bits per heavy atom. The van der Waals surface area contributed by atoms with E-state index < -0.39 is 34.7 Å². The van der Waals surface area contributed by atoms with Gasteiger partial charge in [-0.15, -0.1) is 0 Å². The van der Waals surface area contributed by atoms with Crippen molar-refractivity contribution in [2.45, 2.75) is 26.9 Å².